The summed E-state index contributed by atoms with van der Waals surface area (Å²) in [5.41, 5.74) is 0. The summed E-state index contributed by atoms with van der Waals surface area (Å²) in [5.74, 6) is -1.95. The summed E-state index contributed by atoms with van der Waals surface area (Å²) < 4.78 is 40.1. The summed E-state index contributed by atoms with van der Waals surface area (Å²) in [5, 5.41) is 7.67. The van der Waals surface area contributed by atoms with Crippen molar-refractivity contribution in [3.05, 3.63) is 28.0 Å². The van der Waals surface area contributed by atoms with Gasteiger partial charge in [0.1, 0.15) is 4.90 Å². The van der Waals surface area contributed by atoms with Crippen molar-refractivity contribution >= 4 is 39.2 Å². The van der Waals surface area contributed by atoms with E-state index >= 15 is 0 Å². The highest BCUT2D eigenvalue weighted by molar-refractivity contribution is 7.89. The van der Waals surface area contributed by atoms with Gasteiger partial charge in [-0.2, -0.15) is 0 Å². The van der Waals surface area contributed by atoms with Crippen LogP contribution in [0.3, 0.4) is 0 Å². The molecule has 0 aliphatic heterocycles. The number of carboxylic acid groups (broad SMARTS) is 1. The van der Waals surface area contributed by atoms with Gasteiger partial charge in [0.15, 0.2) is 5.82 Å². The van der Waals surface area contributed by atoms with Crippen LogP contribution in [0.2, 0.25) is 10.0 Å². The normalized spacial score (nSPS) is 13.1. The minimum atomic E-state index is -4.01. The number of rotatable bonds is 7. The quantitative estimate of drug-likeness (QED) is 0.734. The van der Waals surface area contributed by atoms with Crippen LogP contribution in [-0.4, -0.2) is 25.5 Å². The van der Waals surface area contributed by atoms with E-state index < -0.39 is 37.8 Å². The Morgan fingerprint density at radius 2 is 2.05 bits per heavy atom. The van der Waals surface area contributed by atoms with Gasteiger partial charge in [0, 0.05) is 12.5 Å². The number of sulfonamides is 1. The minimum Gasteiger partial charge on any atom is -0.481 e. The lowest BCUT2D eigenvalue weighted by atomic mass is 10.1. The zero-order chi connectivity index (χ0) is 16.2. The van der Waals surface area contributed by atoms with E-state index in [1.54, 1.807) is 6.92 Å². The first-order valence-corrected chi connectivity index (χ1v) is 8.26. The summed E-state index contributed by atoms with van der Waals surface area (Å²) in [6, 6.07) is 1.70. The lowest BCUT2D eigenvalue weighted by Gasteiger charge is -2.15. The third-order valence-corrected chi connectivity index (χ3v) is 5.08. The maximum absolute atomic E-state index is 13.5. The molecule has 0 aromatic heterocycles. The molecule has 5 nitrogen and oxygen atoms in total. The fourth-order valence-corrected chi connectivity index (χ4v) is 3.69. The molecule has 0 saturated heterocycles. The molecule has 0 bridgehead atoms. The molecule has 1 atom stereocenters. The van der Waals surface area contributed by atoms with E-state index in [0.29, 0.717) is 12.8 Å². The molecule has 1 aromatic rings. The topological polar surface area (TPSA) is 83.5 Å². The second kappa shape index (κ2) is 7.40. The van der Waals surface area contributed by atoms with Crippen molar-refractivity contribution in [3.8, 4) is 0 Å². The Morgan fingerprint density at radius 1 is 1.43 bits per heavy atom. The minimum absolute atomic E-state index is 0.0532. The van der Waals surface area contributed by atoms with Gasteiger partial charge in [-0.1, -0.05) is 23.2 Å². The van der Waals surface area contributed by atoms with Crippen LogP contribution in [0.25, 0.3) is 0 Å². The van der Waals surface area contributed by atoms with Crippen LogP contribution in [0.4, 0.5) is 4.39 Å². The monoisotopic (exact) mass is 357 g/mol. The van der Waals surface area contributed by atoms with Crippen molar-refractivity contribution in [1.29, 1.82) is 0 Å². The van der Waals surface area contributed by atoms with Crippen LogP contribution in [0, 0.1) is 5.82 Å². The van der Waals surface area contributed by atoms with E-state index in [2.05, 4.69) is 4.72 Å². The molecule has 21 heavy (non-hydrogen) atoms. The van der Waals surface area contributed by atoms with Gasteiger partial charge in [0.25, 0.3) is 0 Å². The Labute approximate surface area is 132 Å². The number of aliphatic carboxylic acids is 1. The Bertz CT molecular complexity index is 636. The molecule has 0 aliphatic carbocycles. The zero-order valence-corrected chi connectivity index (χ0v) is 13.4. The molecule has 0 saturated carbocycles. The Morgan fingerprint density at radius 3 is 2.62 bits per heavy atom. The predicted octanol–water partition coefficient (Wildman–Crippen LogP) is 3.05. The number of hydrogen-bond acceptors (Lipinski definition) is 3. The van der Waals surface area contributed by atoms with Crippen LogP contribution in [0.15, 0.2) is 17.0 Å². The molecule has 0 fully saturated rings. The van der Waals surface area contributed by atoms with Gasteiger partial charge in [0.2, 0.25) is 10.0 Å². The molecule has 118 valence electrons. The van der Waals surface area contributed by atoms with E-state index in [1.165, 1.54) is 0 Å². The van der Waals surface area contributed by atoms with E-state index in [-0.39, 0.29) is 11.4 Å². The smallest absolute Gasteiger partial charge is 0.303 e. The first kappa shape index (κ1) is 18.2. The molecule has 9 heteroatoms. The maximum Gasteiger partial charge on any atom is 0.303 e. The van der Waals surface area contributed by atoms with Crippen molar-refractivity contribution in [2.75, 3.05) is 0 Å². The molecular formula is C12H14Cl2FNO4S. The van der Waals surface area contributed by atoms with Crippen molar-refractivity contribution in [2.45, 2.75) is 37.1 Å². The Balaban J connectivity index is 2.82. The lowest BCUT2D eigenvalue weighted by Crippen LogP contribution is -2.33. The van der Waals surface area contributed by atoms with Gasteiger partial charge in [-0.25, -0.2) is 17.5 Å². The number of carboxylic acids is 1. The van der Waals surface area contributed by atoms with E-state index in [4.69, 9.17) is 28.3 Å². The number of carbonyl (C=O) groups is 1. The van der Waals surface area contributed by atoms with Crippen molar-refractivity contribution in [2.24, 2.45) is 0 Å². The molecule has 0 aliphatic rings. The molecule has 0 amide bonds. The van der Waals surface area contributed by atoms with Gasteiger partial charge in [-0.15, -0.1) is 0 Å². The molecular weight excluding hydrogens is 344 g/mol. The van der Waals surface area contributed by atoms with Gasteiger partial charge >= 0.3 is 5.97 Å². The molecule has 2 N–H and O–H groups in total. The first-order valence-electron chi connectivity index (χ1n) is 6.02. The van der Waals surface area contributed by atoms with Crippen LogP contribution in [0.5, 0.6) is 0 Å². The highest BCUT2D eigenvalue weighted by Crippen LogP contribution is 2.29. The van der Waals surface area contributed by atoms with Crippen LogP contribution in [-0.2, 0) is 14.8 Å². The van der Waals surface area contributed by atoms with Crippen LogP contribution < -0.4 is 4.72 Å². The van der Waals surface area contributed by atoms with Gasteiger partial charge in [0.05, 0.1) is 10.0 Å². The summed E-state index contributed by atoms with van der Waals surface area (Å²) >= 11 is 11.2. The fourth-order valence-electron chi connectivity index (χ4n) is 1.66. The first-order chi connectivity index (χ1) is 9.65. The molecule has 1 rings (SSSR count). The second-order valence-corrected chi connectivity index (χ2v) is 6.95. The van der Waals surface area contributed by atoms with Gasteiger partial charge in [-0.05, 0) is 31.9 Å². The highest BCUT2D eigenvalue weighted by Gasteiger charge is 2.23. The summed E-state index contributed by atoms with van der Waals surface area (Å²) in [6.07, 6.45) is 0.601. The van der Waals surface area contributed by atoms with Gasteiger partial charge in [-0.3, -0.25) is 4.79 Å². The summed E-state index contributed by atoms with van der Waals surface area (Å²) in [4.78, 5) is 9.98. The lowest BCUT2D eigenvalue weighted by molar-refractivity contribution is -0.137. The van der Waals surface area contributed by atoms with Crippen LogP contribution in [0.1, 0.15) is 26.2 Å². The van der Waals surface area contributed by atoms with Gasteiger partial charge < -0.3 is 5.11 Å². The average Bonchev–Trinajstić information content (AvgIpc) is 2.34. The predicted molar refractivity (Wildman–Crippen MR) is 77.7 cm³/mol. The third-order valence-electron chi connectivity index (χ3n) is 2.67. The number of nitrogens with one attached hydrogen (secondary N) is 1. The highest BCUT2D eigenvalue weighted by atomic mass is 35.5. The number of hydrogen-bond donors (Lipinski definition) is 2. The SMILES string of the molecule is CC(CCCC(=O)O)NS(=O)(=O)c1ccc(Cl)c(F)c1Cl. The third kappa shape index (κ3) is 5.10. The maximum atomic E-state index is 13.5. The molecule has 1 aromatic carbocycles. The van der Waals surface area contributed by atoms with E-state index in [0.717, 1.165) is 12.1 Å². The molecule has 0 heterocycles. The van der Waals surface area contributed by atoms with Crippen molar-refractivity contribution in [1.82, 2.24) is 4.72 Å². The van der Waals surface area contributed by atoms with E-state index in [1.807, 2.05) is 0 Å². The molecule has 0 radical (unpaired) electrons. The van der Waals surface area contributed by atoms with Crippen molar-refractivity contribution < 1.29 is 22.7 Å². The number of benzene rings is 1. The van der Waals surface area contributed by atoms with Crippen LogP contribution >= 0.6 is 23.2 Å². The molecule has 0 spiro atoms. The average molecular weight is 358 g/mol. The Hall–Kier alpha value is -0.890. The van der Waals surface area contributed by atoms with Crippen molar-refractivity contribution in [3.63, 3.8) is 0 Å². The second-order valence-electron chi connectivity index (χ2n) is 4.48. The molecule has 1 unspecified atom stereocenters. The standard InChI is InChI=1S/C12H14Cl2FNO4S/c1-7(3-2-4-10(17)18)16-21(19,20)9-6-5-8(13)12(15)11(9)14/h5-7,16H,2-4H2,1H3,(H,17,18). The summed E-state index contributed by atoms with van der Waals surface area (Å²) in [6.45, 7) is 1.58. The zero-order valence-electron chi connectivity index (χ0n) is 11.1. The largest absolute Gasteiger partial charge is 0.481 e. The Kier molecular flexibility index (Phi) is 6.40. The number of halogens is 3. The van der Waals surface area contributed by atoms with E-state index in [9.17, 15) is 17.6 Å². The fraction of sp³-hybridized carbons (Fsp3) is 0.417. The summed E-state index contributed by atoms with van der Waals surface area (Å²) in [7, 11) is -4.01.